The molecule has 0 fully saturated rings. The summed E-state index contributed by atoms with van der Waals surface area (Å²) in [6.45, 7) is 4.44. The van der Waals surface area contributed by atoms with Gasteiger partial charge >= 0.3 is 0 Å². The van der Waals surface area contributed by atoms with E-state index in [0.29, 0.717) is 11.7 Å². The van der Waals surface area contributed by atoms with E-state index in [4.69, 9.17) is 4.52 Å². The van der Waals surface area contributed by atoms with Gasteiger partial charge in [-0.1, -0.05) is 19.0 Å². The molecule has 0 saturated heterocycles. The van der Waals surface area contributed by atoms with Crippen LogP contribution in [0, 0.1) is 5.92 Å². The molecule has 1 amide bonds. The first-order valence-corrected chi connectivity index (χ1v) is 8.00. The van der Waals surface area contributed by atoms with E-state index in [9.17, 15) is 9.59 Å². The molecule has 0 radical (unpaired) electrons. The highest BCUT2D eigenvalue weighted by atomic mass is 16.5. The van der Waals surface area contributed by atoms with Crippen LogP contribution in [0.3, 0.4) is 0 Å². The number of amides is 1. The normalized spacial score (nSPS) is 13.3. The molecule has 2 heterocycles. The Hall–Kier alpha value is -2.37. The van der Waals surface area contributed by atoms with E-state index in [2.05, 4.69) is 29.3 Å². The summed E-state index contributed by atoms with van der Waals surface area (Å²) < 4.78 is 5.21. The first kappa shape index (κ1) is 15.5. The molecule has 0 aromatic carbocycles. The van der Waals surface area contributed by atoms with E-state index in [1.807, 2.05) is 6.07 Å². The molecule has 0 unspecified atom stereocenters. The Morgan fingerprint density at radius 3 is 3.00 bits per heavy atom. The third-order valence-electron chi connectivity index (χ3n) is 3.98. The molecule has 0 aliphatic heterocycles. The van der Waals surface area contributed by atoms with Crippen LogP contribution in [-0.4, -0.2) is 16.0 Å². The molecule has 23 heavy (non-hydrogen) atoms. The van der Waals surface area contributed by atoms with Crippen molar-refractivity contribution in [3.8, 4) is 0 Å². The van der Waals surface area contributed by atoms with Gasteiger partial charge in [0.25, 0.3) is 11.5 Å². The number of hydrogen-bond acceptors (Lipinski definition) is 4. The van der Waals surface area contributed by atoms with Crippen LogP contribution in [-0.2, 0) is 25.8 Å². The number of pyridine rings is 1. The van der Waals surface area contributed by atoms with E-state index in [0.717, 1.165) is 42.6 Å². The lowest BCUT2D eigenvalue weighted by molar-refractivity contribution is 0.0945. The molecule has 3 rings (SSSR count). The molecule has 0 bridgehead atoms. The average Bonchev–Trinajstić information content (AvgIpc) is 3.12. The minimum absolute atomic E-state index is 0.160. The molecule has 2 aromatic heterocycles. The number of hydrogen-bond donors (Lipinski definition) is 2. The topological polar surface area (TPSA) is 88.0 Å². The highest BCUT2D eigenvalue weighted by Crippen LogP contribution is 2.18. The number of aryl methyl sites for hydroxylation is 2. The Morgan fingerprint density at radius 2 is 2.22 bits per heavy atom. The predicted molar refractivity (Wildman–Crippen MR) is 85.3 cm³/mol. The molecule has 1 aliphatic carbocycles. The van der Waals surface area contributed by atoms with Gasteiger partial charge in [-0.05, 0) is 43.2 Å². The van der Waals surface area contributed by atoms with E-state index >= 15 is 0 Å². The summed E-state index contributed by atoms with van der Waals surface area (Å²) in [5, 5.41) is 6.70. The van der Waals surface area contributed by atoms with Gasteiger partial charge in [0, 0.05) is 11.8 Å². The van der Waals surface area contributed by atoms with Crippen LogP contribution in [0.25, 0.3) is 0 Å². The van der Waals surface area contributed by atoms with Crippen LogP contribution in [0.2, 0.25) is 0 Å². The zero-order chi connectivity index (χ0) is 16.4. The second-order valence-corrected chi connectivity index (χ2v) is 6.43. The molecule has 122 valence electrons. The fourth-order valence-corrected chi connectivity index (χ4v) is 2.90. The second-order valence-electron chi connectivity index (χ2n) is 6.43. The zero-order valence-electron chi connectivity index (χ0n) is 13.4. The van der Waals surface area contributed by atoms with Crippen molar-refractivity contribution in [3.63, 3.8) is 0 Å². The van der Waals surface area contributed by atoms with Crippen molar-refractivity contribution in [1.29, 1.82) is 0 Å². The summed E-state index contributed by atoms with van der Waals surface area (Å²) in [4.78, 5) is 27.0. The number of rotatable bonds is 5. The third-order valence-corrected chi connectivity index (χ3v) is 3.98. The quantitative estimate of drug-likeness (QED) is 0.883. The fraction of sp³-hybridized carbons (Fsp3) is 0.471. The highest BCUT2D eigenvalue weighted by Gasteiger charge is 2.18. The first-order chi connectivity index (χ1) is 11.0. The van der Waals surface area contributed by atoms with Crippen LogP contribution >= 0.6 is 0 Å². The van der Waals surface area contributed by atoms with Crippen molar-refractivity contribution in [3.05, 3.63) is 50.8 Å². The molecule has 0 atom stereocenters. The maximum atomic E-state index is 12.2. The molecule has 1 aliphatic rings. The Morgan fingerprint density at radius 1 is 1.39 bits per heavy atom. The van der Waals surface area contributed by atoms with E-state index in [1.54, 1.807) is 6.07 Å². The molecular formula is C17H21N3O3. The van der Waals surface area contributed by atoms with Crippen LogP contribution in [0.1, 0.15) is 53.3 Å². The van der Waals surface area contributed by atoms with Gasteiger partial charge < -0.3 is 14.8 Å². The Kier molecular flexibility index (Phi) is 4.32. The number of nitrogens with zero attached hydrogens (tertiary/aromatic N) is 1. The van der Waals surface area contributed by atoms with Crippen molar-refractivity contribution in [1.82, 2.24) is 15.5 Å². The van der Waals surface area contributed by atoms with E-state index in [1.165, 1.54) is 0 Å². The maximum Gasteiger partial charge on any atom is 0.261 e. The molecule has 6 heteroatoms. The number of carbonyl (C=O) groups is 1. The lowest BCUT2D eigenvalue weighted by Crippen LogP contribution is -2.29. The van der Waals surface area contributed by atoms with Crippen LogP contribution in [0.5, 0.6) is 0 Å². The predicted octanol–water partition coefficient (Wildman–Crippen LogP) is 1.98. The summed E-state index contributed by atoms with van der Waals surface area (Å²) >= 11 is 0. The van der Waals surface area contributed by atoms with Crippen LogP contribution < -0.4 is 10.9 Å². The van der Waals surface area contributed by atoms with Gasteiger partial charge in [-0.2, -0.15) is 0 Å². The van der Waals surface area contributed by atoms with Gasteiger partial charge in [-0.3, -0.25) is 9.59 Å². The second kappa shape index (κ2) is 6.40. The van der Waals surface area contributed by atoms with Crippen molar-refractivity contribution in [2.45, 2.75) is 46.1 Å². The summed E-state index contributed by atoms with van der Waals surface area (Å²) in [6.07, 6.45) is 3.64. The zero-order valence-corrected chi connectivity index (χ0v) is 13.4. The SMILES string of the molecule is CC(C)Cc1cc(CNC(=O)c2cc3c([nH]c2=O)CCC3)on1. The molecular weight excluding hydrogens is 294 g/mol. The number of H-pyrrole nitrogens is 1. The molecule has 2 aromatic rings. The van der Waals surface area contributed by atoms with Crippen molar-refractivity contribution in [2.75, 3.05) is 0 Å². The largest absolute Gasteiger partial charge is 0.359 e. The number of aromatic amines is 1. The maximum absolute atomic E-state index is 12.2. The third kappa shape index (κ3) is 3.52. The van der Waals surface area contributed by atoms with Gasteiger partial charge in [-0.15, -0.1) is 0 Å². The van der Waals surface area contributed by atoms with Gasteiger partial charge in [0.1, 0.15) is 5.56 Å². The van der Waals surface area contributed by atoms with E-state index < -0.39 is 0 Å². The number of aromatic nitrogens is 2. The Bertz CT molecular complexity index is 774. The van der Waals surface area contributed by atoms with Crippen LogP contribution in [0.15, 0.2) is 21.5 Å². The molecule has 0 spiro atoms. The fourth-order valence-electron chi connectivity index (χ4n) is 2.90. The standard InChI is InChI=1S/C17H21N3O3/c1-10(2)6-12-8-13(23-20-12)9-18-16(21)14-7-11-4-3-5-15(11)19-17(14)22/h7-8,10H,3-6,9H2,1-2H3,(H,18,21)(H,19,22). The first-order valence-electron chi connectivity index (χ1n) is 8.00. The monoisotopic (exact) mass is 315 g/mol. The van der Waals surface area contributed by atoms with Gasteiger partial charge in [-0.25, -0.2) is 0 Å². The molecule has 0 saturated carbocycles. The van der Waals surface area contributed by atoms with Crippen molar-refractivity contribution < 1.29 is 9.32 Å². The lowest BCUT2D eigenvalue weighted by atomic mass is 10.1. The minimum atomic E-state index is -0.386. The van der Waals surface area contributed by atoms with Gasteiger partial charge in [0.2, 0.25) is 0 Å². The number of fused-ring (bicyclic) bond motifs is 1. The Labute approximate surface area is 134 Å². The summed E-state index contributed by atoms with van der Waals surface area (Å²) in [5.41, 5.74) is 2.72. The molecule has 2 N–H and O–H groups in total. The van der Waals surface area contributed by atoms with Crippen molar-refractivity contribution in [2.24, 2.45) is 5.92 Å². The Balaban J connectivity index is 1.66. The number of nitrogens with one attached hydrogen (secondary N) is 2. The smallest absolute Gasteiger partial charge is 0.261 e. The summed E-state index contributed by atoms with van der Waals surface area (Å²) in [5.74, 6) is 0.696. The highest BCUT2D eigenvalue weighted by molar-refractivity contribution is 5.94. The van der Waals surface area contributed by atoms with Crippen molar-refractivity contribution >= 4 is 5.91 Å². The number of carbonyl (C=O) groups excluding carboxylic acids is 1. The van der Waals surface area contributed by atoms with Crippen LogP contribution in [0.4, 0.5) is 0 Å². The minimum Gasteiger partial charge on any atom is -0.359 e. The average molecular weight is 315 g/mol. The van der Waals surface area contributed by atoms with Gasteiger partial charge in [0.05, 0.1) is 12.2 Å². The summed E-state index contributed by atoms with van der Waals surface area (Å²) in [7, 11) is 0. The lowest BCUT2D eigenvalue weighted by Gasteiger charge is -2.05. The van der Waals surface area contributed by atoms with Gasteiger partial charge in [0.15, 0.2) is 5.76 Å². The summed E-state index contributed by atoms with van der Waals surface area (Å²) in [6, 6.07) is 3.55. The molecule has 6 nitrogen and oxygen atoms in total. The van der Waals surface area contributed by atoms with E-state index in [-0.39, 0.29) is 23.6 Å².